The van der Waals surface area contributed by atoms with Crippen LogP contribution in [0, 0.1) is 0 Å². The number of nitrogens with zero attached hydrogens (tertiary/aromatic N) is 2. The van der Waals surface area contributed by atoms with Gasteiger partial charge in [-0.3, -0.25) is 4.98 Å². The second-order valence-corrected chi connectivity index (χ2v) is 17.1. The summed E-state index contributed by atoms with van der Waals surface area (Å²) >= 11 is 0. The fourth-order valence-electron chi connectivity index (χ4n) is 10.0. The third-order valence-corrected chi connectivity index (χ3v) is 13.0. The van der Waals surface area contributed by atoms with Crippen LogP contribution in [-0.2, 0) is 11.8 Å². The molecule has 9 aromatic carbocycles. The lowest BCUT2D eigenvalue weighted by Gasteiger charge is -2.23. The third kappa shape index (κ3) is 6.61. The molecule has 1 aliphatic carbocycles. The van der Waals surface area contributed by atoms with Crippen LogP contribution in [0.2, 0.25) is 0 Å². The summed E-state index contributed by atoms with van der Waals surface area (Å²) in [6.07, 6.45) is 6.61. The van der Waals surface area contributed by atoms with Gasteiger partial charge in [-0.15, -0.1) is 0 Å². The van der Waals surface area contributed by atoms with Crippen LogP contribution in [-0.4, -0.2) is 10.8 Å². The van der Waals surface area contributed by atoms with E-state index in [4.69, 9.17) is 10.7 Å². The molecular formula is C60H45N3. The Kier molecular flexibility index (Phi) is 9.39. The third-order valence-electron chi connectivity index (χ3n) is 13.0. The van der Waals surface area contributed by atoms with Crippen LogP contribution in [0.25, 0.3) is 82.5 Å². The first-order valence-corrected chi connectivity index (χ1v) is 21.7. The molecule has 0 fully saturated rings. The zero-order valence-electron chi connectivity index (χ0n) is 35.4. The van der Waals surface area contributed by atoms with E-state index < -0.39 is 0 Å². The van der Waals surface area contributed by atoms with E-state index >= 15 is 0 Å². The van der Waals surface area contributed by atoms with Crippen molar-refractivity contribution in [3.8, 4) is 44.5 Å². The molecule has 1 aromatic heterocycles. The number of hydrogen-bond donors (Lipinski definition) is 1. The number of aliphatic imine (C=N–C) groups is 1. The molecular weight excluding hydrogens is 763 g/mol. The van der Waals surface area contributed by atoms with Crippen molar-refractivity contribution in [2.75, 3.05) is 0 Å². The van der Waals surface area contributed by atoms with Crippen LogP contribution >= 0.6 is 0 Å². The van der Waals surface area contributed by atoms with Crippen molar-refractivity contribution in [2.45, 2.75) is 25.7 Å². The number of allylic oxidation sites excluding steroid dienone is 1. The largest absolute Gasteiger partial charge is 0.383 e. The molecule has 3 nitrogen and oxygen atoms in total. The average molecular weight is 808 g/mol. The number of pyridine rings is 1. The number of fused-ring (bicyclic) bond motifs is 7. The predicted molar refractivity (Wildman–Crippen MR) is 266 cm³/mol. The standard InChI is InChI=1S/C60H45N3/c1-60(2)55-27-13-26-53(57(55)54-30-29-40-16-6-7-21-44(40)58(54)60)51-32-31-49(45-22-8-9-23-46(45)51)50-33-34-52(48-25-11-10-24-47(48)50)56(63-59(61)41-17-4-3-5-18-41)35-28-39-15-12-19-42(37-39)43-20-14-36-62-38-43/h3-27,29-38H,28H2,1-2H3,(H2,61,63)/b56-35-. The maximum atomic E-state index is 6.79. The molecule has 0 bridgehead atoms. The predicted octanol–water partition coefficient (Wildman–Crippen LogP) is 14.8. The Morgan fingerprint density at radius 1 is 0.540 bits per heavy atom. The molecule has 1 aliphatic rings. The first kappa shape index (κ1) is 38.1. The number of nitrogens with two attached hydrogens (primary N) is 1. The van der Waals surface area contributed by atoms with Gasteiger partial charge in [0.25, 0.3) is 0 Å². The van der Waals surface area contributed by atoms with Crippen LogP contribution < -0.4 is 5.73 Å². The van der Waals surface area contributed by atoms with Crippen molar-refractivity contribution in [1.82, 2.24) is 4.98 Å². The molecule has 0 saturated heterocycles. The lowest BCUT2D eigenvalue weighted by atomic mass is 9.80. The molecule has 0 unspecified atom stereocenters. The SMILES string of the molecule is CC1(C)c2cccc(-c3ccc(-c4ccc(/C(=C/Cc5cccc(-c6cccnc6)c5)N=C(N)c5ccccc5)c5ccccc45)c4ccccc34)c2-c2ccc3ccccc3c21. The molecule has 0 aliphatic heterocycles. The van der Waals surface area contributed by atoms with E-state index in [1.165, 1.54) is 71.6 Å². The van der Waals surface area contributed by atoms with E-state index in [2.05, 4.69) is 183 Å². The molecule has 11 rings (SSSR count). The van der Waals surface area contributed by atoms with Gasteiger partial charge in [0.15, 0.2) is 0 Å². The van der Waals surface area contributed by atoms with E-state index in [-0.39, 0.29) is 5.41 Å². The van der Waals surface area contributed by atoms with E-state index in [1.54, 1.807) is 6.20 Å². The fourth-order valence-corrected chi connectivity index (χ4v) is 10.0. The average Bonchev–Trinajstić information content (AvgIpc) is 3.59. The highest BCUT2D eigenvalue weighted by atomic mass is 14.9. The van der Waals surface area contributed by atoms with E-state index in [0.717, 1.165) is 38.7 Å². The quantitative estimate of drug-likeness (QED) is 0.123. The van der Waals surface area contributed by atoms with Crippen LogP contribution in [0.1, 0.15) is 41.7 Å². The van der Waals surface area contributed by atoms with Crippen LogP contribution in [0.3, 0.4) is 0 Å². The topological polar surface area (TPSA) is 51.3 Å². The van der Waals surface area contributed by atoms with Gasteiger partial charge in [0.05, 0.1) is 5.70 Å². The molecule has 2 N–H and O–H groups in total. The second-order valence-electron chi connectivity index (χ2n) is 17.1. The van der Waals surface area contributed by atoms with E-state index in [9.17, 15) is 0 Å². The van der Waals surface area contributed by atoms with E-state index in [1.807, 2.05) is 42.6 Å². The van der Waals surface area contributed by atoms with Crippen molar-refractivity contribution >= 4 is 43.9 Å². The summed E-state index contributed by atoms with van der Waals surface area (Å²) in [6.45, 7) is 4.76. The highest BCUT2D eigenvalue weighted by Crippen LogP contribution is 2.55. The minimum atomic E-state index is -0.134. The lowest BCUT2D eigenvalue weighted by molar-refractivity contribution is 0.666. The van der Waals surface area contributed by atoms with Crippen molar-refractivity contribution in [3.05, 3.63) is 240 Å². The molecule has 0 amide bonds. The number of amidine groups is 1. The van der Waals surface area contributed by atoms with Gasteiger partial charge >= 0.3 is 0 Å². The number of rotatable bonds is 8. The summed E-state index contributed by atoms with van der Waals surface area (Å²) in [5.41, 5.74) is 23.2. The molecule has 1 heterocycles. The highest BCUT2D eigenvalue weighted by molar-refractivity contribution is 6.13. The van der Waals surface area contributed by atoms with Gasteiger partial charge in [-0.1, -0.05) is 208 Å². The maximum absolute atomic E-state index is 6.79. The maximum Gasteiger partial charge on any atom is 0.131 e. The summed E-state index contributed by atoms with van der Waals surface area (Å²) in [5.74, 6) is 0.479. The number of aromatic nitrogens is 1. The second kappa shape index (κ2) is 15.5. The summed E-state index contributed by atoms with van der Waals surface area (Å²) < 4.78 is 0. The minimum Gasteiger partial charge on any atom is -0.383 e. The van der Waals surface area contributed by atoms with Gasteiger partial charge in [0, 0.05) is 28.9 Å². The molecule has 0 atom stereocenters. The zero-order chi connectivity index (χ0) is 42.5. The van der Waals surface area contributed by atoms with Crippen LogP contribution in [0.4, 0.5) is 0 Å². The van der Waals surface area contributed by atoms with Crippen molar-refractivity contribution in [2.24, 2.45) is 10.7 Å². The Balaban J connectivity index is 1.05. The monoisotopic (exact) mass is 807 g/mol. The highest BCUT2D eigenvalue weighted by Gasteiger charge is 2.38. The molecule has 3 heteroatoms. The molecule has 10 aromatic rings. The van der Waals surface area contributed by atoms with Gasteiger partial charge < -0.3 is 5.73 Å². The van der Waals surface area contributed by atoms with Gasteiger partial charge in [0.2, 0.25) is 0 Å². The zero-order valence-corrected chi connectivity index (χ0v) is 35.4. The first-order chi connectivity index (χ1) is 30.9. The van der Waals surface area contributed by atoms with Crippen molar-refractivity contribution < 1.29 is 0 Å². The van der Waals surface area contributed by atoms with Crippen LogP contribution in [0.5, 0.6) is 0 Å². The summed E-state index contributed by atoms with van der Waals surface area (Å²) in [5, 5.41) is 7.35. The summed E-state index contributed by atoms with van der Waals surface area (Å²) in [7, 11) is 0. The molecule has 0 saturated carbocycles. The van der Waals surface area contributed by atoms with Gasteiger partial charge in [0.1, 0.15) is 5.84 Å². The Morgan fingerprint density at radius 3 is 1.90 bits per heavy atom. The molecule has 0 radical (unpaired) electrons. The normalized spacial score (nSPS) is 13.4. The molecule has 63 heavy (non-hydrogen) atoms. The molecule has 0 spiro atoms. The van der Waals surface area contributed by atoms with Crippen LogP contribution in [0.15, 0.2) is 218 Å². The first-order valence-electron chi connectivity index (χ1n) is 21.7. The Hall–Kier alpha value is -7.88. The lowest BCUT2D eigenvalue weighted by Crippen LogP contribution is -2.15. The number of hydrogen-bond acceptors (Lipinski definition) is 2. The Morgan fingerprint density at radius 2 is 1.16 bits per heavy atom. The summed E-state index contributed by atoms with van der Waals surface area (Å²) in [4.78, 5) is 9.53. The fraction of sp³-hybridized carbons (Fsp3) is 0.0667. The number of benzene rings is 9. The molecule has 300 valence electrons. The van der Waals surface area contributed by atoms with Crippen molar-refractivity contribution in [3.63, 3.8) is 0 Å². The smallest absolute Gasteiger partial charge is 0.131 e. The van der Waals surface area contributed by atoms with Gasteiger partial charge in [-0.05, 0) is 106 Å². The summed E-state index contributed by atoms with van der Waals surface area (Å²) in [6, 6.07) is 69.9. The van der Waals surface area contributed by atoms with Crippen molar-refractivity contribution in [1.29, 1.82) is 0 Å². The Bertz CT molecular complexity index is 3450. The van der Waals surface area contributed by atoms with E-state index in [0.29, 0.717) is 12.3 Å². The van der Waals surface area contributed by atoms with Gasteiger partial charge in [-0.25, -0.2) is 4.99 Å². The Labute approximate surface area is 368 Å². The minimum absolute atomic E-state index is 0.134. The van der Waals surface area contributed by atoms with Gasteiger partial charge in [-0.2, -0.15) is 0 Å².